The first-order valence-corrected chi connectivity index (χ1v) is 8.58. The van der Waals surface area contributed by atoms with Gasteiger partial charge in [0.05, 0.1) is 19.9 Å². The Morgan fingerprint density at radius 3 is 2.48 bits per heavy atom. The summed E-state index contributed by atoms with van der Waals surface area (Å²) in [6.45, 7) is 0. The normalized spacial score (nSPS) is 15.5. The lowest BCUT2D eigenvalue weighted by Crippen LogP contribution is -2.30. The number of halogens is 1. The van der Waals surface area contributed by atoms with E-state index in [-0.39, 0.29) is 5.91 Å². The van der Waals surface area contributed by atoms with Crippen molar-refractivity contribution in [3.63, 3.8) is 0 Å². The summed E-state index contributed by atoms with van der Waals surface area (Å²) in [5.41, 5.74) is 1.83. The van der Waals surface area contributed by atoms with Crippen LogP contribution in [0.3, 0.4) is 0 Å². The zero-order valence-electron chi connectivity index (χ0n) is 13.6. The molecule has 3 rings (SSSR count). The summed E-state index contributed by atoms with van der Waals surface area (Å²) >= 11 is 8.75. The van der Waals surface area contributed by atoms with Gasteiger partial charge in [0.2, 0.25) is 0 Å². The molecule has 5 nitrogen and oxygen atoms in total. The van der Waals surface area contributed by atoms with E-state index >= 15 is 0 Å². The van der Waals surface area contributed by atoms with Crippen molar-refractivity contribution in [2.45, 2.75) is 0 Å². The number of nitrogens with one attached hydrogen (secondary N) is 1. The summed E-state index contributed by atoms with van der Waals surface area (Å²) in [6, 6.07) is 12.7. The molecule has 1 heterocycles. The highest BCUT2D eigenvalue weighted by Crippen LogP contribution is 2.28. The Morgan fingerprint density at radius 1 is 1.12 bits per heavy atom. The fourth-order valence-corrected chi connectivity index (χ4v) is 3.15. The SMILES string of the molecule is COc1ccc(N2C(=O)C(=Cc3cc(Br)ccc3OC)NC2=S)cc1. The highest BCUT2D eigenvalue weighted by molar-refractivity contribution is 9.10. The number of methoxy groups -OCH3 is 2. The Bertz CT molecular complexity index is 865. The van der Waals surface area contributed by atoms with Gasteiger partial charge >= 0.3 is 0 Å². The summed E-state index contributed by atoms with van der Waals surface area (Å²) in [7, 11) is 3.18. The van der Waals surface area contributed by atoms with Crippen LogP contribution in [0.15, 0.2) is 52.6 Å². The van der Waals surface area contributed by atoms with Gasteiger partial charge in [0.25, 0.3) is 5.91 Å². The van der Waals surface area contributed by atoms with Gasteiger partial charge in [-0.05, 0) is 60.8 Å². The van der Waals surface area contributed by atoms with Gasteiger partial charge in [-0.15, -0.1) is 0 Å². The van der Waals surface area contributed by atoms with Crippen molar-refractivity contribution >= 4 is 50.9 Å². The van der Waals surface area contributed by atoms with Crippen LogP contribution in [0.4, 0.5) is 5.69 Å². The molecule has 0 radical (unpaired) electrons. The minimum atomic E-state index is -0.225. The van der Waals surface area contributed by atoms with E-state index in [1.165, 1.54) is 4.90 Å². The zero-order valence-corrected chi connectivity index (χ0v) is 16.0. The fourth-order valence-electron chi connectivity index (χ4n) is 2.47. The molecule has 7 heteroatoms. The number of hydrogen-bond donors (Lipinski definition) is 1. The Balaban J connectivity index is 1.94. The second kappa shape index (κ2) is 7.25. The molecule has 0 saturated carbocycles. The standard InChI is InChI=1S/C18H15BrN2O3S/c1-23-14-6-4-13(5-7-14)21-17(22)15(20-18(21)25)10-11-9-12(19)3-8-16(11)24-2/h3-10H,1-2H3,(H,20,25). The molecule has 1 N–H and O–H groups in total. The van der Waals surface area contributed by atoms with Crippen molar-refractivity contribution in [3.05, 3.63) is 58.2 Å². The Hall–Kier alpha value is -2.38. The van der Waals surface area contributed by atoms with Crippen LogP contribution in [0, 0.1) is 0 Å². The number of carbonyl (C=O) groups excluding carboxylic acids is 1. The predicted molar refractivity (Wildman–Crippen MR) is 105 cm³/mol. The van der Waals surface area contributed by atoms with Crippen LogP contribution in [0.5, 0.6) is 11.5 Å². The summed E-state index contributed by atoms with van der Waals surface area (Å²) in [5, 5.41) is 3.30. The molecule has 0 spiro atoms. The molecule has 1 aliphatic heterocycles. The van der Waals surface area contributed by atoms with Gasteiger partial charge < -0.3 is 14.8 Å². The Labute approximate surface area is 159 Å². The molecule has 25 heavy (non-hydrogen) atoms. The highest BCUT2D eigenvalue weighted by atomic mass is 79.9. The van der Waals surface area contributed by atoms with Gasteiger partial charge in [0.1, 0.15) is 17.2 Å². The number of rotatable bonds is 4. The zero-order chi connectivity index (χ0) is 18.0. The third kappa shape index (κ3) is 3.52. The van der Waals surface area contributed by atoms with Crippen molar-refractivity contribution in [2.75, 3.05) is 19.1 Å². The number of benzene rings is 2. The first kappa shape index (κ1) is 17.4. The molecule has 2 aromatic carbocycles. The van der Waals surface area contributed by atoms with Crippen LogP contribution in [-0.2, 0) is 4.79 Å². The molecule has 1 fully saturated rings. The van der Waals surface area contributed by atoms with Gasteiger partial charge in [0, 0.05) is 10.0 Å². The molecule has 1 saturated heterocycles. The molecule has 1 aliphatic rings. The van der Waals surface area contributed by atoms with Gasteiger partial charge in [-0.3, -0.25) is 9.69 Å². The average molecular weight is 419 g/mol. The van der Waals surface area contributed by atoms with Crippen LogP contribution in [-0.4, -0.2) is 25.2 Å². The van der Waals surface area contributed by atoms with E-state index < -0.39 is 0 Å². The molecule has 1 amide bonds. The molecule has 0 atom stereocenters. The van der Waals surface area contributed by atoms with Crippen LogP contribution >= 0.6 is 28.1 Å². The fraction of sp³-hybridized carbons (Fsp3) is 0.111. The molecule has 0 aromatic heterocycles. The highest BCUT2D eigenvalue weighted by Gasteiger charge is 2.32. The maximum Gasteiger partial charge on any atom is 0.281 e. The van der Waals surface area contributed by atoms with E-state index in [1.807, 2.05) is 18.2 Å². The molecule has 0 aliphatic carbocycles. The molecule has 0 unspecified atom stereocenters. The van der Waals surface area contributed by atoms with E-state index in [0.717, 1.165) is 10.0 Å². The molecule has 128 valence electrons. The number of carbonyl (C=O) groups is 1. The van der Waals surface area contributed by atoms with Crippen LogP contribution < -0.4 is 19.7 Å². The molecule has 0 bridgehead atoms. The predicted octanol–water partition coefficient (Wildman–Crippen LogP) is 3.73. The summed E-state index contributed by atoms with van der Waals surface area (Å²) in [6.07, 6.45) is 1.72. The van der Waals surface area contributed by atoms with Gasteiger partial charge in [-0.1, -0.05) is 15.9 Å². The summed E-state index contributed by atoms with van der Waals surface area (Å²) in [4.78, 5) is 14.2. The number of nitrogens with zero attached hydrogens (tertiary/aromatic N) is 1. The molecular weight excluding hydrogens is 404 g/mol. The minimum absolute atomic E-state index is 0.225. The maximum absolute atomic E-state index is 12.8. The third-order valence-electron chi connectivity index (χ3n) is 3.70. The largest absolute Gasteiger partial charge is 0.497 e. The smallest absolute Gasteiger partial charge is 0.281 e. The van der Waals surface area contributed by atoms with Gasteiger partial charge in [0.15, 0.2) is 5.11 Å². The van der Waals surface area contributed by atoms with Crippen molar-refractivity contribution in [2.24, 2.45) is 0 Å². The molecular formula is C18H15BrN2O3S. The number of hydrogen-bond acceptors (Lipinski definition) is 4. The van der Waals surface area contributed by atoms with E-state index in [2.05, 4.69) is 21.2 Å². The Kier molecular flexibility index (Phi) is 5.06. The first-order chi connectivity index (χ1) is 12.0. The lowest BCUT2D eigenvalue weighted by Gasteiger charge is -2.14. The monoisotopic (exact) mass is 418 g/mol. The number of anilines is 1. The van der Waals surface area contributed by atoms with Crippen molar-refractivity contribution in [1.82, 2.24) is 5.32 Å². The van der Waals surface area contributed by atoms with E-state index in [1.54, 1.807) is 44.6 Å². The minimum Gasteiger partial charge on any atom is -0.497 e. The van der Waals surface area contributed by atoms with Crippen molar-refractivity contribution in [1.29, 1.82) is 0 Å². The van der Waals surface area contributed by atoms with Crippen molar-refractivity contribution < 1.29 is 14.3 Å². The van der Waals surface area contributed by atoms with Gasteiger partial charge in [-0.2, -0.15) is 0 Å². The maximum atomic E-state index is 12.8. The average Bonchev–Trinajstić information content (AvgIpc) is 2.89. The van der Waals surface area contributed by atoms with Crippen LogP contribution in [0.2, 0.25) is 0 Å². The Morgan fingerprint density at radius 2 is 1.84 bits per heavy atom. The summed E-state index contributed by atoms with van der Waals surface area (Å²) < 4.78 is 11.4. The lowest BCUT2D eigenvalue weighted by molar-refractivity contribution is -0.113. The lowest BCUT2D eigenvalue weighted by atomic mass is 10.1. The van der Waals surface area contributed by atoms with E-state index in [4.69, 9.17) is 21.7 Å². The van der Waals surface area contributed by atoms with Gasteiger partial charge in [-0.25, -0.2) is 0 Å². The second-order valence-corrected chi connectivity index (χ2v) is 6.52. The van der Waals surface area contributed by atoms with Crippen molar-refractivity contribution in [3.8, 4) is 11.5 Å². The number of ether oxygens (including phenoxy) is 2. The number of amides is 1. The van der Waals surface area contributed by atoms with E-state index in [9.17, 15) is 4.79 Å². The summed E-state index contributed by atoms with van der Waals surface area (Å²) in [5.74, 6) is 1.15. The van der Waals surface area contributed by atoms with Crippen LogP contribution in [0.25, 0.3) is 6.08 Å². The van der Waals surface area contributed by atoms with Crippen LogP contribution in [0.1, 0.15) is 5.56 Å². The third-order valence-corrected chi connectivity index (χ3v) is 4.48. The number of thiocarbonyl (C=S) groups is 1. The quantitative estimate of drug-likeness (QED) is 0.605. The second-order valence-electron chi connectivity index (χ2n) is 5.21. The van der Waals surface area contributed by atoms with E-state index in [0.29, 0.717) is 28.0 Å². The molecule has 2 aromatic rings. The first-order valence-electron chi connectivity index (χ1n) is 7.38. The topological polar surface area (TPSA) is 50.8 Å².